The summed E-state index contributed by atoms with van der Waals surface area (Å²) < 4.78 is 2.21. The van der Waals surface area contributed by atoms with Crippen LogP contribution in [0.5, 0.6) is 0 Å². The number of hydrogen-bond acceptors (Lipinski definition) is 6. The van der Waals surface area contributed by atoms with Crippen LogP contribution >= 0.6 is 0 Å². The molecular weight excluding hydrogens is 500 g/mol. The summed E-state index contributed by atoms with van der Waals surface area (Å²) in [4.78, 5) is 25.5. The van der Waals surface area contributed by atoms with Gasteiger partial charge in [0, 0.05) is 34.5 Å². The van der Waals surface area contributed by atoms with E-state index in [0.717, 1.165) is 75.5 Å². The van der Waals surface area contributed by atoms with E-state index in [4.69, 9.17) is 9.97 Å². The molecule has 0 amide bonds. The van der Waals surface area contributed by atoms with Crippen molar-refractivity contribution in [3.63, 3.8) is 0 Å². The summed E-state index contributed by atoms with van der Waals surface area (Å²) in [5.41, 5.74) is 8.82. The van der Waals surface area contributed by atoms with Crippen LogP contribution in [0.25, 0.3) is 44.8 Å². The van der Waals surface area contributed by atoms with Gasteiger partial charge < -0.3 is 9.55 Å². The topological polar surface area (TPSA) is 118 Å². The zero-order valence-electron chi connectivity index (χ0n) is 22.8. The molecule has 6 rings (SSSR count). The van der Waals surface area contributed by atoms with E-state index < -0.39 is 0 Å². The minimum atomic E-state index is -0.115. The van der Waals surface area contributed by atoms with E-state index in [1.54, 1.807) is 0 Å². The normalized spacial score (nSPS) is 11.4. The SMILES string of the molecule is CCCCc1nc2cc(-c3ccc(C)[nH]c3=O)c(C)nc2n1Cc1ccc(-c2ccccc2-c2nnn[nH]2)cc1. The third kappa shape index (κ3) is 4.82. The van der Waals surface area contributed by atoms with Crippen LogP contribution in [0.4, 0.5) is 0 Å². The van der Waals surface area contributed by atoms with E-state index in [9.17, 15) is 4.79 Å². The summed E-state index contributed by atoms with van der Waals surface area (Å²) in [5.74, 6) is 1.64. The van der Waals surface area contributed by atoms with Crippen LogP contribution in [-0.2, 0) is 13.0 Å². The van der Waals surface area contributed by atoms with E-state index in [0.29, 0.717) is 17.9 Å². The predicted octanol–water partition coefficient (Wildman–Crippen LogP) is 5.64. The van der Waals surface area contributed by atoms with Gasteiger partial charge in [0.1, 0.15) is 11.3 Å². The Morgan fingerprint density at radius 3 is 2.40 bits per heavy atom. The van der Waals surface area contributed by atoms with Crippen LogP contribution in [0.1, 0.15) is 42.5 Å². The number of rotatable bonds is 8. The second kappa shape index (κ2) is 10.7. The van der Waals surface area contributed by atoms with Crippen molar-refractivity contribution in [3.05, 3.63) is 99.9 Å². The van der Waals surface area contributed by atoms with Crippen molar-refractivity contribution in [2.75, 3.05) is 0 Å². The molecule has 0 aliphatic heterocycles. The molecule has 4 aromatic heterocycles. The van der Waals surface area contributed by atoms with Crippen molar-refractivity contribution in [2.24, 2.45) is 0 Å². The number of nitrogens with zero attached hydrogens (tertiary/aromatic N) is 6. The smallest absolute Gasteiger partial charge is 0.256 e. The van der Waals surface area contributed by atoms with Gasteiger partial charge in [-0.2, -0.15) is 0 Å². The summed E-state index contributed by atoms with van der Waals surface area (Å²) >= 11 is 0. The fraction of sp³-hybridized carbons (Fsp3) is 0.226. The summed E-state index contributed by atoms with van der Waals surface area (Å²) in [7, 11) is 0. The van der Waals surface area contributed by atoms with E-state index >= 15 is 0 Å². The molecule has 200 valence electrons. The Balaban J connectivity index is 1.37. The number of benzene rings is 2. The quantitative estimate of drug-likeness (QED) is 0.263. The number of aromatic nitrogens is 8. The van der Waals surface area contributed by atoms with Gasteiger partial charge in [0.15, 0.2) is 11.5 Å². The molecule has 0 aliphatic rings. The molecule has 40 heavy (non-hydrogen) atoms. The van der Waals surface area contributed by atoms with Crippen LogP contribution < -0.4 is 5.56 Å². The summed E-state index contributed by atoms with van der Waals surface area (Å²) in [6.07, 6.45) is 2.98. The first-order valence-corrected chi connectivity index (χ1v) is 13.5. The number of pyridine rings is 2. The average molecular weight is 531 g/mol. The van der Waals surface area contributed by atoms with Gasteiger partial charge in [-0.3, -0.25) is 4.79 Å². The zero-order chi connectivity index (χ0) is 27.6. The van der Waals surface area contributed by atoms with Gasteiger partial charge in [0.25, 0.3) is 5.56 Å². The number of nitrogens with one attached hydrogen (secondary N) is 2. The fourth-order valence-electron chi connectivity index (χ4n) is 5.12. The molecule has 0 unspecified atom stereocenters. The molecule has 9 heteroatoms. The Kier molecular flexibility index (Phi) is 6.77. The van der Waals surface area contributed by atoms with Gasteiger partial charge in [0.05, 0.1) is 6.54 Å². The summed E-state index contributed by atoms with van der Waals surface area (Å²) in [6, 6.07) is 22.4. The van der Waals surface area contributed by atoms with Gasteiger partial charge >= 0.3 is 0 Å². The van der Waals surface area contributed by atoms with E-state index in [-0.39, 0.29) is 5.56 Å². The summed E-state index contributed by atoms with van der Waals surface area (Å²) in [5, 5.41) is 14.4. The fourth-order valence-corrected chi connectivity index (χ4v) is 5.12. The van der Waals surface area contributed by atoms with Gasteiger partial charge in [-0.1, -0.05) is 61.9 Å². The second-order valence-corrected chi connectivity index (χ2v) is 10.1. The van der Waals surface area contributed by atoms with Crippen LogP contribution in [0.3, 0.4) is 0 Å². The minimum absolute atomic E-state index is 0.115. The molecule has 2 aromatic carbocycles. The highest BCUT2D eigenvalue weighted by Crippen LogP contribution is 2.30. The van der Waals surface area contributed by atoms with Gasteiger partial charge in [-0.05, 0) is 65.6 Å². The molecule has 0 aliphatic carbocycles. The Bertz CT molecular complexity index is 1850. The van der Waals surface area contributed by atoms with Crippen molar-refractivity contribution < 1.29 is 0 Å². The molecule has 0 saturated heterocycles. The number of fused-ring (bicyclic) bond motifs is 1. The Morgan fingerprint density at radius 2 is 1.68 bits per heavy atom. The lowest BCUT2D eigenvalue weighted by atomic mass is 9.98. The van der Waals surface area contributed by atoms with Crippen LogP contribution in [0.15, 0.2) is 71.5 Å². The van der Waals surface area contributed by atoms with E-state index in [2.05, 4.69) is 67.4 Å². The number of tetrazole rings is 1. The van der Waals surface area contributed by atoms with Crippen LogP contribution in [0, 0.1) is 13.8 Å². The van der Waals surface area contributed by atoms with E-state index in [1.165, 1.54) is 0 Å². The number of imidazole rings is 1. The minimum Gasteiger partial charge on any atom is -0.326 e. The standard InChI is InChI=1S/C31H30N8O/c1-4-5-10-28-34-27-17-26(25-16-11-19(2)32-31(25)40)20(3)33-30(27)39(28)18-21-12-14-22(15-13-21)23-8-6-7-9-24(23)29-35-37-38-36-29/h6-9,11-17H,4-5,10,18H2,1-3H3,(H,32,40)(H,35,36,37,38). The summed E-state index contributed by atoms with van der Waals surface area (Å²) in [6.45, 7) is 6.66. The van der Waals surface area contributed by atoms with Crippen molar-refractivity contribution in [2.45, 2.75) is 46.6 Å². The molecule has 4 heterocycles. The molecule has 2 N–H and O–H groups in total. The first-order valence-electron chi connectivity index (χ1n) is 13.5. The number of aryl methyl sites for hydroxylation is 3. The zero-order valence-corrected chi connectivity index (χ0v) is 22.8. The molecule has 6 aromatic rings. The maximum absolute atomic E-state index is 12.7. The number of unbranched alkanes of at least 4 members (excludes halogenated alkanes) is 1. The van der Waals surface area contributed by atoms with Crippen molar-refractivity contribution >= 4 is 11.2 Å². The van der Waals surface area contributed by atoms with Gasteiger partial charge in [-0.15, -0.1) is 5.10 Å². The highest BCUT2D eigenvalue weighted by Gasteiger charge is 2.17. The monoisotopic (exact) mass is 530 g/mol. The lowest BCUT2D eigenvalue weighted by molar-refractivity contribution is 0.686. The lowest BCUT2D eigenvalue weighted by Crippen LogP contribution is -2.11. The lowest BCUT2D eigenvalue weighted by Gasteiger charge is -2.12. The first kappa shape index (κ1) is 25.4. The number of H-pyrrole nitrogens is 2. The molecule has 0 radical (unpaired) electrons. The maximum Gasteiger partial charge on any atom is 0.256 e. The van der Waals surface area contributed by atoms with Crippen LogP contribution in [0.2, 0.25) is 0 Å². The Labute approximate surface area is 231 Å². The largest absolute Gasteiger partial charge is 0.326 e. The van der Waals surface area contributed by atoms with Gasteiger partial charge in [0.2, 0.25) is 0 Å². The highest BCUT2D eigenvalue weighted by atomic mass is 16.1. The number of aromatic amines is 2. The van der Waals surface area contributed by atoms with Gasteiger partial charge in [-0.25, -0.2) is 15.1 Å². The molecule has 0 fully saturated rings. The van der Waals surface area contributed by atoms with Crippen molar-refractivity contribution in [3.8, 4) is 33.6 Å². The molecule has 0 atom stereocenters. The average Bonchev–Trinajstić information content (AvgIpc) is 3.61. The number of hydrogen-bond donors (Lipinski definition) is 2. The third-order valence-electron chi connectivity index (χ3n) is 7.22. The Morgan fingerprint density at radius 1 is 0.875 bits per heavy atom. The molecule has 9 nitrogen and oxygen atoms in total. The molecule has 0 saturated carbocycles. The van der Waals surface area contributed by atoms with E-state index in [1.807, 2.05) is 50.2 Å². The third-order valence-corrected chi connectivity index (χ3v) is 7.22. The first-order chi connectivity index (χ1) is 19.5. The van der Waals surface area contributed by atoms with Crippen molar-refractivity contribution in [1.29, 1.82) is 0 Å². The maximum atomic E-state index is 12.7. The predicted molar refractivity (Wildman–Crippen MR) is 156 cm³/mol. The van der Waals surface area contributed by atoms with Crippen LogP contribution in [-0.4, -0.2) is 40.1 Å². The molecular formula is C31H30N8O. The molecule has 0 spiro atoms. The molecule has 0 bridgehead atoms. The Hall–Kier alpha value is -4.92. The van der Waals surface area contributed by atoms with Crippen molar-refractivity contribution in [1.82, 2.24) is 40.1 Å². The highest BCUT2D eigenvalue weighted by molar-refractivity contribution is 5.81. The second-order valence-electron chi connectivity index (χ2n) is 10.1.